The second kappa shape index (κ2) is 8.01. The number of methoxy groups -OCH3 is 1. The van der Waals surface area contributed by atoms with Crippen molar-refractivity contribution in [2.45, 2.75) is 13.0 Å². The third-order valence-corrected chi connectivity index (χ3v) is 4.25. The van der Waals surface area contributed by atoms with Crippen LogP contribution in [-0.2, 0) is 17.8 Å². The molecule has 0 saturated carbocycles. The molecule has 1 N–H and O–H groups in total. The third-order valence-electron chi connectivity index (χ3n) is 4.01. The summed E-state index contributed by atoms with van der Waals surface area (Å²) in [6.07, 6.45) is 2.00. The molecular formula is C19H18ClN3O3. The van der Waals surface area contributed by atoms with Gasteiger partial charge in [-0.2, -0.15) is 0 Å². The zero-order chi connectivity index (χ0) is 18.5. The molecule has 1 amide bonds. The zero-order valence-electron chi connectivity index (χ0n) is 14.2. The van der Waals surface area contributed by atoms with Gasteiger partial charge in [0, 0.05) is 11.6 Å². The summed E-state index contributed by atoms with van der Waals surface area (Å²) in [7, 11) is 1.61. The minimum atomic E-state index is -0.272. The van der Waals surface area contributed by atoms with Gasteiger partial charge in [0.25, 0.3) is 5.56 Å². The quantitative estimate of drug-likeness (QED) is 0.722. The van der Waals surface area contributed by atoms with E-state index in [1.807, 2.05) is 24.3 Å². The molecule has 0 unspecified atom stereocenters. The fourth-order valence-corrected chi connectivity index (χ4v) is 2.87. The van der Waals surface area contributed by atoms with Gasteiger partial charge < -0.3 is 10.1 Å². The van der Waals surface area contributed by atoms with E-state index in [-0.39, 0.29) is 18.0 Å². The van der Waals surface area contributed by atoms with Crippen molar-refractivity contribution in [3.05, 3.63) is 69.7 Å². The van der Waals surface area contributed by atoms with E-state index in [1.54, 1.807) is 25.3 Å². The molecule has 3 rings (SSSR count). The number of aromatic nitrogens is 2. The van der Waals surface area contributed by atoms with Crippen LogP contribution in [0.4, 0.5) is 0 Å². The highest BCUT2D eigenvalue weighted by atomic mass is 35.5. The van der Waals surface area contributed by atoms with E-state index < -0.39 is 0 Å². The summed E-state index contributed by atoms with van der Waals surface area (Å²) in [6, 6.07) is 12.5. The topological polar surface area (TPSA) is 73.2 Å². The van der Waals surface area contributed by atoms with Crippen molar-refractivity contribution in [3.8, 4) is 5.75 Å². The molecular weight excluding hydrogens is 354 g/mol. The molecule has 0 saturated heterocycles. The van der Waals surface area contributed by atoms with E-state index in [1.165, 1.54) is 10.9 Å². The first-order chi connectivity index (χ1) is 12.6. The maximum absolute atomic E-state index is 12.4. The number of carbonyl (C=O) groups excluding carboxylic acids is 1. The van der Waals surface area contributed by atoms with Gasteiger partial charge in [0.15, 0.2) is 0 Å². The molecule has 0 aliphatic rings. The van der Waals surface area contributed by atoms with Crippen molar-refractivity contribution in [2.75, 3.05) is 13.7 Å². The SMILES string of the molecule is COc1ccccc1CCNC(=O)Cn1cnc2cc(Cl)ccc2c1=O. The molecule has 0 radical (unpaired) electrons. The predicted molar refractivity (Wildman–Crippen MR) is 101 cm³/mol. The number of ether oxygens (including phenoxy) is 1. The highest BCUT2D eigenvalue weighted by molar-refractivity contribution is 6.31. The summed E-state index contributed by atoms with van der Waals surface area (Å²) in [5.41, 5.74) is 1.25. The number of fused-ring (bicyclic) bond motifs is 1. The number of amides is 1. The van der Waals surface area contributed by atoms with Crippen LogP contribution in [0.25, 0.3) is 10.9 Å². The highest BCUT2D eigenvalue weighted by Crippen LogP contribution is 2.17. The Labute approximate surface area is 155 Å². The normalized spacial score (nSPS) is 10.7. The average molecular weight is 372 g/mol. The van der Waals surface area contributed by atoms with Gasteiger partial charge in [-0.15, -0.1) is 0 Å². The van der Waals surface area contributed by atoms with E-state index in [0.29, 0.717) is 28.9 Å². The van der Waals surface area contributed by atoms with Crippen molar-refractivity contribution < 1.29 is 9.53 Å². The Morgan fingerprint density at radius 2 is 2.08 bits per heavy atom. The Balaban J connectivity index is 1.63. The van der Waals surface area contributed by atoms with Gasteiger partial charge >= 0.3 is 0 Å². The van der Waals surface area contributed by atoms with E-state index >= 15 is 0 Å². The predicted octanol–water partition coefficient (Wildman–Crippen LogP) is 2.42. The lowest BCUT2D eigenvalue weighted by atomic mass is 10.1. The van der Waals surface area contributed by atoms with Gasteiger partial charge in [0.05, 0.1) is 24.3 Å². The first-order valence-electron chi connectivity index (χ1n) is 8.12. The van der Waals surface area contributed by atoms with Crippen LogP contribution < -0.4 is 15.6 Å². The highest BCUT2D eigenvalue weighted by Gasteiger charge is 2.09. The average Bonchev–Trinajstić information content (AvgIpc) is 2.64. The molecule has 1 aromatic heterocycles. The van der Waals surface area contributed by atoms with Crippen LogP contribution in [0.5, 0.6) is 5.75 Å². The lowest BCUT2D eigenvalue weighted by Gasteiger charge is -2.10. The molecule has 1 heterocycles. The van der Waals surface area contributed by atoms with Crippen LogP contribution in [-0.4, -0.2) is 29.1 Å². The molecule has 7 heteroatoms. The number of nitrogens with zero attached hydrogens (tertiary/aromatic N) is 2. The molecule has 0 spiro atoms. The molecule has 0 aliphatic carbocycles. The number of nitrogens with one attached hydrogen (secondary N) is 1. The van der Waals surface area contributed by atoms with Crippen LogP contribution in [0.1, 0.15) is 5.56 Å². The lowest BCUT2D eigenvalue weighted by molar-refractivity contribution is -0.121. The smallest absolute Gasteiger partial charge is 0.261 e. The molecule has 3 aromatic rings. The summed E-state index contributed by atoms with van der Waals surface area (Å²) in [4.78, 5) is 28.8. The standard InChI is InChI=1S/C19H18ClN3O3/c1-26-17-5-3-2-4-13(17)8-9-21-18(24)11-23-12-22-16-10-14(20)6-7-15(16)19(23)25/h2-7,10,12H,8-9,11H2,1H3,(H,21,24). The Morgan fingerprint density at radius 3 is 2.88 bits per heavy atom. The zero-order valence-corrected chi connectivity index (χ0v) is 15.0. The molecule has 0 atom stereocenters. The lowest BCUT2D eigenvalue weighted by Crippen LogP contribution is -2.33. The van der Waals surface area contributed by atoms with Crippen molar-refractivity contribution >= 4 is 28.4 Å². The van der Waals surface area contributed by atoms with Gasteiger partial charge in [0.1, 0.15) is 12.3 Å². The van der Waals surface area contributed by atoms with Crippen molar-refractivity contribution in [2.24, 2.45) is 0 Å². The largest absolute Gasteiger partial charge is 0.496 e. The fraction of sp³-hybridized carbons (Fsp3) is 0.211. The molecule has 0 bridgehead atoms. The van der Waals surface area contributed by atoms with E-state index in [2.05, 4.69) is 10.3 Å². The van der Waals surface area contributed by atoms with Gasteiger partial charge in [0.2, 0.25) is 5.91 Å². The summed E-state index contributed by atoms with van der Waals surface area (Å²) in [5.74, 6) is 0.535. The molecule has 6 nitrogen and oxygen atoms in total. The van der Waals surface area contributed by atoms with Crippen LogP contribution in [0, 0.1) is 0 Å². The van der Waals surface area contributed by atoms with E-state index in [4.69, 9.17) is 16.3 Å². The summed E-state index contributed by atoms with van der Waals surface area (Å²) >= 11 is 5.90. The molecule has 0 fully saturated rings. The second-order valence-corrected chi connectivity index (χ2v) is 6.19. The minimum absolute atomic E-state index is 0.0870. The summed E-state index contributed by atoms with van der Waals surface area (Å²) < 4.78 is 6.57. The van der Waals surface area contributed by atoms with Crippen LogP contribution in [0.3, 0.4) is 0 Å². The van der Waals surface area contributed by atoms with Crippen LogP contribution >= 0.6 is 11.6 Å². The number of para-hydroxylation sites is 1. The summed E-state index contributed by atoms with van der Waals surface area (Å²) in [5, 5.41) is 3.75. The van der Waals surface area contributed by atoms with Gasteiger partial charge in [-0.3, -0.25) is 14.2 Å². The van der Waals surface area contributed by atoms with Gasteiger partial charge in [-0.05, 0) is 36.2 Å². The number of rotatable bonds is 6. The first kappa shape index (κ1) is 17.9. The third kappa shape index (κ3) is 4.03. The molecule has 134 valence electrons. The van der Waals surface area contributed by atoms with Gasteiger partial charge in [-0.25, -0.2) is 4.98 Å². The summed E-state index contributed by atoms with van der Waals surface area (Å²) in [6.45, 7) is 0.362. The molecule has 2 aromatic carbocycles. The minimum Gasteiger partial charge on any atom is -0.496 e. The monoisotopic (exact) mass is 371 g/mol. The second-order valence-electron chi connectivity index (χ2n) is 5.75. The molecule has 0 aliphatic heterocycles. The molecule has 26 heavy (non-hydrogen) atoms. The Bertz CT molecular complexity index is 1000. The van der Waals surface area contributed by atoms with Crippen molar-refractivity contribution in [1.29, 1.82) is 0 Å². The van der Waals surface area contributed by atoms with Crippen molar-refractivity contribution in [1.82, 2.24) is 14.9 Å². The van der Waals surface area contributed by atoms with Crippen LogP contribution in [0.15, 0.2) is 53.6 Å². The maximum atomic E-state index is 12.4. The Hall–Kier alpha value is -2.86. The van der Waals surface area contributed by atoms with Crippen LogP contribution in [0.2, 0.25) is 5.02 Å². The number of benzene rings is 2. The van der Waals surface area contributed by atoms with Gasteiger partial charge in [-0.1, -0.05) is 29.8 Å². The fourth-order valence-electron chi connectivity index (χ4n) is 2.70. The van der Waals surface area contributed by atoms with Crippen molar-refractivity contribution in [3.63, 3.8) is 0 Å². The first-order valence-corrected chi connectivity index (χ1v) is 8.49. The number of hydrogen-bond donors (Lipinski definition) is 1. The van der Waals surface area contributed by atoms with E-state index in [9.17, 15) is 9.59 Å². The number of hydrogen-bond acceptors (Lipinski definition) is 4. The maximum Gasteiger partial charge on any atom is 0.261 e. The number of carbonyl (C=O) groups is 1. The Kier molecular flexibility index (Phi) is 5.53. The van der Waals surface area contributed by atoms with E-state index in [0.717, 1.165) is 11.3 Å². The Morgan fingerprint density at radius 1 is 1.27 bits per heavy atom. The number of halogens is 1.